The van der Waals surface area contributed by atoms with Crippen LogP contribution in [0.25, 0.3) is 10.9 Å². The van der Waals surface area contributed by atoms with Crippen LogP contribution in [0.1, 0.15) is 30.4 Å². The van der Waals surface area contributed by atoms with E-state index < -0.39 is 0 Å². The molecule has 0 saturated carbocycles. The fraction of sp³-hybridized carbons (Fsp3) is 0.286. The van der Waals surface area contributed by atoms with Crippen LogP contribution in [0.2, 0.25) is 0 Å². The van der Waals surface area contributed by atoms with Crippen LogP contribution in [-0.2, 0) is 0 Å². The summed E-state index contributed by atoms with van der Waals surface area (Å²) in [6.07, 6.45) is 0.796. The SMILES string of the molecule is CCC(C#N)c1ccc2[nH]c(=O)c(C)cc2c1. The lowest BCUT2D eigenvalue weighted by molar-refractivity contribution is 0.819. The Kier molecular flexibility index (Phi) is 2.97. The van der Waals surface area contributed by atoms with Crippen molar-refractivity contribution in [2.45, 2.75) is 26.2 Å². The molecule has 0 aliphatic rings. The zero-order valence-electron chi connectivity index (χ0n) is 9.95. The molecule has 86 valence electrons. The van der Waals surface area contributed by atoms with Crippen LogP contribution in [-0.4, -0.2) is 4.98 Å². The molecule has 0 fully saturated rings. The molecule has 1 aromatic heterocycles. The van der Waals surface area contributed by atoms with E-state index in [1.165, 1.54) is 0 Å². The largest absolute Gasteiger partial charge is 0.322 e. The molecule has 0 radical (unpaired) electrons. The molecule has 2 rings (SSSR count). The van der Waals surface area contributed by atoms with E-state index >= 15 is 0 Å². The molecule has 3 heteroatoms. The molecule has 0 bridgehead atoms. The van der Waals surface area contributed by atoms with Gasteiger partial charge >= 0.3 is 0 Å². The van der Waals surface area contributed by atoms with Crippen LogP contribution in [0.3, 0.4) is 0 Å². The van der Waals surface area contributed by atoms with Crippen LogP contribution in [0.5, 0.6) is 0 Å². The van der Waals surface area contributed by atoms with Crippen molar-refractivity contribution in [1.82, 2.24) is 4.98 Å². The highest BCUT2D eigenvalue weighted by molar-refractivity contribution is 5.79. The number of H-pyrrole nitrogens is 1. The lowest BCUT2D eigenvalue weighted by Gasteiger charge is -2.08. The minimum Gasteiger partial charge on any atom is -0.322 e. The van der Waals surface area contributed by atoms with Crippen molar-refractivity contribution in [2.75, 3.05) is 0 Å². The Hall–Kier alpha value is -2.08. The average Bonchev–Trinajstić information content (AvgIpc) is 2.32. The molecule has 1 unspecified atom stereocenters. The molecule has 1 N–H and O–H groups in total. The van der Waals surface area contributed by atoms with Crippen LogP contribution in [0, 0.1) is 18.3 Å². The molecular weight excluding hydrogens is 212 g/mol. The van der Waals surface area contributed by atoms with Crippen LogP contribution in [0.4, 0.5) is 0 Å². The van der Waals surface area contributed by atoms with Gasteiger partial charge in [0.25, 0.3) is 5.56 Å². The molecule has 17 heavy (non-hydrogen) atoms. The maximum atomic E-state index is 11.5. The highest BCUT2D eigenvalue weighted by Gasteiger charge is 2.08. The van der Waals surface area contributed by atoms with Gasteiger partial charge in [-0.3, -0.25) is 4.79 Å². The van der Waals surface area contributed by atoms with E-state index in [2.05, 4.69) is 11.1 Å². The van der Waals surface area contributed by atoms with Crippen molar-refractivity contribution in [3.8, 4) is 6.07 Å². The maximum absolute atomic E-state index is 11.5. The third kappa shape index (κ3) is 2.07. The van der Waals surface area contributed by atoms with E-state index in [-0.39, 0.29) is 11.5 Å². The van der Waals surface area contributed by atoms with E-state index in [4.69, 9.17) is 5.26 Å². The number of aromatic amines is 1. The quantitative estimate of drug-likeness (QED) is 0.856. The van der Waals surface area contributed by atoms with Crippen molar-refractivity contribution < 1.29 is 0 Å². The van der Waals surface area contributed by atoms with Gasteiger partial charge in [-0.15, -0.1) is 0 Å². The lowest BCUT2D eigenvalue weighted by Crippen LogP contribution is -2.08. The first-order chi connectivity index (χ1) is 8.15. The molecule has 0 aliphatic carbocycles. The molecule has 1 aromatic carbocycles. The van der Waals surface area contributed by atoms with Gasteiger partial charge in [0.15, 0.2) is 0 Å². The van der Waals surface area contributed by atoms with Gasteiger partial charge in [0.05, 0.1) is 12.0 Å². The summed E-state index contributed by atoms with van der Waals surface area (Å²) in [5, 5.41) is 10.0. The van der Waals surface area contributed by atoms with Gasteiger partial charge in [0.1, 0.15) is 0 Å². The molecule has 3 nitrogen and oxygen atoms in total. The number of hydrogen-bond acceptors (Lipinski definition) is 2. The first-order valence-electron chi connectivity index (χ1n) is 5.69. The molecule has 2 aromatic rings. The Bertz CT molecular complexity index is 649. The Morgan fingerprint density at radius 3 is 2.82 bits per heavy atom. The number of aryl methyl sites for hydroxylation is 1. The van der Waals surface area contributed by atoms with Gasteiger partial charge in [-0.05, 0) is 42.5 Å². The van der Waals surface area contributed by atoms with Crippen molar-refractivity contribution >= 4 is 10.9 Å². The molecule has 1 atom stereocenters. The second-order valence-corrected chi connectivity index (χ2v) is 4.22. The zero-order valence-corrected chi connectivity index (χ0v) is 9.95. The Morgan fingerprint density at radius 2 is 2.18 bits per heavy atom. The van der Waals surface area contributed by atoms with E-state index in [0.717, 1.165) is 22.9 Å². The van der Waals surface area contributed by atoms with Crippen LogP contribution in [0.15, 0.2) is 29.1 Å². The van der Waals surface area contributed by atoms with Gasteiger partial charge in [-0.25, -0.2) is 0 Å². The van der Waals surface area contributed by atoms with E-state index in [1.54, 1.807) is 6.92 Å². The molecule has 0 spiro atoms. The average molecular weight is 226 g/mol. The molecule has 0 aliphatic heterocycles. The van der Waals surface area contributed by atoms with E-state index in [0.29, 0.717) is 5.56 Å². The summed E-state index contributed by atoms with van der Waals surface area (Å²) < 4.78 is 0. The third-order valence-corrected chi connectivity index (χ3v) is 3.02. The van der Waals surface area contributed by atoms with Crippen LogP contribution < -0.4 is 5.56 Å². The standard InChI is InChI=1S/C14H14N2O/c1-3-10(8-15)11-4-5-13-12(7-11)6-9(2)14(17)16-13/h4-7,10H,3H2,1-2H3,(H,16,17). The van der Waals surface area contributed by atoms with Crippen molar-refractivity contribution in [3.63, 3.8) is 0 Å². The number of fused-ring (bicyclic) bond motifs is 1. The number of nitrogens with zero attached hydrogens (tertiary/aromatic N) is 1. The predicted molar refractivity (Wildman–Crippen MR) is 68.0 cm³/mol. The first kappa shape index (κ1) is 11.4. The summed E-state index contributed by atoms with van der Waals surface area (Å²) in [6, 6.07) is 9.91. The van der Waals surface area contributed by atoms with Gasteiger partial charge in [-0.1, -0.05) is 13.0 Å². The molecular formula is C14H14N2O. The first-order valence-corrected chi connectivity index (χ1v) is 5.69. The number of nitrogens with one attached hydrogen (secondary N) is 1. The number of pyridine rings is 1. The summed E-state index contributed by atoms with van der Waals surface area (Å²) >= 11 is 0. The van der Waals surface area contributed by atoms with Gasteiger partial charge in [-0.2, -0.15) is 5.26 Å². The molecule has 1 heterocycles. The van der Waals surface area contributed by atoms with Crippen molar-refractivity contribution in [2.24, 2.45) is 0 Å². The van der Waals surface area contributed by atoms with Crippen molar-refractivity contribution in [3.05, 3.63) is 45.7 Å². The second kappa shape index (κ2) is 4.42. The van der Waals surface area contributed by atoms with E-state index in [1.807, 2.05) is 31.2 Å². The number of hydrogen-bond donors (Lipinski definition) is 1. The summed E-state index contributed by atoms with van der Waals surface area (Å²) in [5.74, 6) is -0.0772. The third-order valence-electron chi connectivity index (χ3n) is 3.02. The zero-order chi connectivity index (χ0) is 12.4. The minimum absolute atomic E-state index is 0.0578. The molecule has 0 saturated heterocycles. The smallest absolute Gasteiger partial charge is 0.251 e. The number of nitriles is 1. The highest BCUT2D eigenvalue weighted by atomic mass is 16.1. The summed E-state index contributed by atoms with van der Waals surface area (Å²) in [4.78, 5) is 14.3. The summed E-state index contributed by atoms with van der Waals surface area (Å²) in [6.45, 7) is 3.78. The van der Waals surface area contributed by atoms with Gasteiger partial charge in [0, 0.05) is 11.1 Å². The number of aromatic nitrogens is 1. The minimum atomic E-state index is -0.0772. The highest BCUT2D eigenvalue weighted by Crippen LogP contribution is 2.22. The number of benzene rings is 1. The maximum Gasteiger partial charge on any atom is 0.251 e. The monoisotopic (exact) mass is 226 g/mol. The summed E-state index contributed by atoms with van der Waals surface area (Å²) in [5.41, 5.74) is 2.46. The fourth-order valence-corrected chi connectivity index (χ4v) is 1.95. The number of rotatable bonds is 2. The lowest BCUT2D eigenvalue weighted by atomic mass is 9.96. The topological polar surface area (TPSA) is 56.6 Å². The Morgan fingerprint density at radius 1 is 1.41 bits per heavy atom. The van der Waals surface area contributed by atoms with Gasteiger partial charge in [0.2, 0.25) is 0 Å². The molecule has 0 amide bonds. The van der Waals surface area contributed by atoms with Crippen LogP contribution >= 0.6 is 0 Å². The van der Waals surface area contributed by atoms with E-state index in [9.17, 15) is 4.79 Å². The second-order valence-electron chi connectivity index (χ2n) is 4.22. The predicted octanol–water partition coefficient (Wildman–Crippen LogP) is 2.85. The Labute approximate surface area is 99.7 Å². The fourth-order valence-electron chi connectivity index (χ4n) is 1.95. The van der Waals surface area contributed by atoms with Crippen molar-refractivity contribution in [1.29, 1.82) is 5.26 Å². The Balaban J connectivity index is 2.62. The summed E-state index contributed by atoms with van der Waals surface area (Å²) in [7, 11) is 0. The van der Waals surface area contributed by atoms with Gasteiger partial charge < -0.3 is 4.98 Å². The normalized spacial score (nSPS) is 12.3.